The topological polar surface area (TPSA) is 122 Å². The zero-order valence-corrected chi connectivity index (χ0v) is 19.2. The lowest BCUT2D eigenvalue weighted by atomic mass is 10.0. The van der Waals surface area contributed by atoms with Gasteiger partial charge in [0.05, 0.1) is 5.56 Å². The Morgan fingerprint density at radius 1 is 0.784 bits per heavy atom. The summed E-state index contributed by atoms with van der Waals surface area (Å²) in [6.45, 7) is -0.233. The van der Waals surface area contributed by atoms with Crippen molar-refractivity contribution in [1.29, 1.82) is 0 Å². The second-order valence-corrected chi connectivity index (χ2v) is 10.3. The zero-order valence-electron chi connectivity index (χ0n) is 17.6. The van der Waals surface area contributed by atoms with Gasteiger partial charge in [-0.05, 0) is 17.7 Å². The van der Waals surface area contributed by atoms with E-state index < -0.39 is 76.6 Å². The van der Waals surface area contributed by atoms with Gasteiger partial charge in [-0.2, -0.15) is 43.2 Å². The molecule has 37 heavy (non-hydrogen) atoms. The van der Waals surface area contributed by atoms with Gasteiger partial charge in [0, 0.05) is 16.8 Å². The number of benzene rings is 3. The van der Waals surface area contributed by atoms with Crippen LogP contribution in [0.25, 0.3) is 10.8 Å². The predicted octanol–water partition coefficient (Wildman–Crippen LogP) is 4.41. The third-order valence-corrected chi connectivity index (χ3v) is 6.66. The quantitative estimate of drug-likeness (QED) is 0.133. The molecule has 0 aliphatic carbocycles. The number of esters is 1. The minimum absolute atomic E-state index is 0.233. The van der Waals surface area contributed by atoms with Gasteiger partial charge in [-0.1, -0.05) is 30.3 Å². The molecule has 4 rings (SSSR count). The molecule has 0 spiro atoms. The lowest BCUT2D eigenvalue weighted by Gasteiger charge is -2.16. The normalized spacial score (nSPS) is 13.9. The summed E-state index contributed by atoms with van der Waals surface area (Å²) in [5.41, 5.74) is -11.9. The number of alkyl halides is 6. The number of ether oxygens (including phenoxy) is 2. The fourth-order valence-electron chi connectivity index (χ4n) is 3.15. The summed E-state index contributed by atoms with van der Waals surface area (Å²) >= 11 is 0. The summed E-state index contributed by atoms with van der Waals surface area (Å²) in [7, 11) is -12.6. The van der Waals surface area contributed by atoms with Crippen LogP contribution in [0.3, 0.4) is 0 Å². The maximum atomic E-state index is 13.0. The van der Waals surface area contributed by atoms with Crippen LogP contribution in [0.15, 0.2) is 48.5 Å². The van der Waals surface area contributed by atoms with Gasteiger partial charge in [0.25, 0.3) is 0 Å². The lowest BCUT2D eigenvalue weighted by molar-refractivity contribution is -0.0505. The average molecular weight is 572 g/mol. The van der Waals surface area contributed by atoms with Gasteiger partial charge < -0.3 is 17.8 Å². The molecular formula is C20H10F6O9S2. The van der Waals surface area contributed by atoms with Crippen LogP contribution < -0.4 is 17.8 Å². The Morgan fingerprint density at radius 2 is 1.38 bits per heavy atom. The van der Waals surface area contributed by atoms with Gasteiger partial charge >= 0.3 is 37.2 Å². The summed E-state index contributed by atoms with van der Waals surface area (Å²) in [6.07, 6.45) is 0. The van der Waals surface area contributed by atoms with E-state index in [9.17, 15) is 48.0 Å². The summed E-state index contributed by atoms with van der Waals surface area (Å²) < 4.78 is 142. The van der Waals surface area contributed by atoms with Crippen molar-refractivity contribution in [1.82, 2.24) is 0 Å². The molecular weight excluding hydrogens is 562 g/mol. The van der Waals surface area contributed by atoms with Crippen molar-refractivity contribution in [2.75, 3.05) is 0 Å². The Morgan fingerprint density at radius 3 is 1.97 bits per heavy atom. The molecule has 0 saturated heterocycles. The zero-order chi connectivity index (χ0) is 27.4. The fraction of sp³-hybridized carbons (Fsp3) is 0.150. The van der Waals surface area contributed by atoms with Crippen LogP contribution in [0.5, 0.6) is 23.0 Å². The Bertz CT molecular complexity index is 1610. The third kappa shape index (κ3) is 4.95. The first-order valence-electron chi connectivity index (χ1n) is 9.55. The van der Waals surface area contributed by atoms with Gasteiger partial charge in [0.15, 0.2) is 17.2 Å². The summed E-state index contributed by atoms with van der Waals surface area (Å²) in [6, 6.07) is 9.72. The van der Waals surface area contributed by atoms with E-state index in [-0.39, 0.29) is 6.61 Å². The SMILES string of the molecule is O=C1Oc2c(OCc3ccccc3)cc(OS(=O)(=O)C(F)(F)F)c3cc(OS(=O)(=O)C(F)(F)F)cc1c23. The maximum absolute atomic E-state index is 13.0. The van der Waals surface area contributed by atoms with Crippen LogP contribution >= 0.6 is 0 Å². The molecule has 0 unspecified atom stereocenters. The third-order valence-electron chi connectivity index (χ3n) is 4.71. The second-order valence-electron chi connectivity index (χ2n) is 7.23. The van der Waals surface area contributed by atoms with Gasteiger partial charge in [-0.3, -0.25) is 0 Å². The van der Waals surface area contributed by atoms with Crippen LogP contribution in [-0.4, -0.2) is 33.8 Å². The van der Waals surface area contributed by atoms with Gasteiger partial charge in [-0.25, -0.2) is 4.79 Å². The monoisotopic (exact) mass is 572 g/mol. The van der Waals surface area contributed by atoms with Crippen molar-refractivity contribution in [2.24, 2.45) is 0 Å². The number of carbonyl (C=O) groups excluding carboxylic acids is 1. The van der Waals surface area contributed by atoms with Crippen LogP contribution in [0.1, 0.15) is 15.9 Å². The Kier molecular flexibility index (Phi) is 6.18. The first-order chi connectivity index (χ1) is 17.0. The molecule has 0 fully saturated rings. The second kappa shape index (κ2) is 8.69. The molecule has 0 aromatic heterocycles. The van der Waals surface area contributed by atoms with Crippen molar-refractivity contribution in [3.05, 3.63) is 59.7 Å². The molecule has 1 heterocycles. The molecule has 0 atom stereocenters. The van der Waals surface area contributed by atoms with E-state index in [0.717, 1.165) is 0 Å². The Hall–Kier alpha value is -3.73. The van der Waals surface area contributed by atoms with Gasteiger partial charge in [0.2, 0.25) is 0 Å². The van der Waals surface area contributed by atoms with Gasteiger partial charge in [-0.15, -0.1) is 0 Å². The van der Waals surface area contributed by atoms with Crippen molar-refractivity contribution in [2.45, 2.75) is 17.6 Å². The smallest absolute Gasteiger partial charge is 0.485 e. The molecule has 0 bridgehead atoms. The highest BCUT2D eigenvalue weighted by Crippen LogP contribution is 2.49. The molecule has 0 N–H and O–H groups in total. The van der Waals surface area contributed by atoms with E-state index in [4.69, 9.17) is 9.47 Å². The standard InChI is InChI=1S/C20H10F6O9S2/c21-19(22,23)36(28,29)34-11-6-12-14(35-37(30,31)20(24,25)26)8-15(32-9-10-4-2-1-3-5-10)17-16(12)13(7-11)18(27)33-17/h1-8H,9H2. The van der Waals surface area contributed by atoms with Crippen molar-refractivity contribution >= 4 is 37.0 Å². The Labute approximate surface area is 203 Å². The van der Waals surface area contributed by atoms with E-state index >= 15 is 0 Å². The number of hydrogen-bond donors (Lipinski definition) is 0. The summed E-state index contributed by atoms with van der Waals surface area (Å²) in [4.78, 5) is 12.4. The van der Waals surface area contributed by atoms with Gasteiger partial charge in [0.1, 0.15) is 12.4 Å². The molecule has 17 heteroatoms. The van der Waals surface area contributed by atoms with Crippen LogP contribution in [-0.2, 0) is 26.8 Å². The van der Waals surface area contributed by atoms with E-state index in [1.807, 2.05) is 0 Å². The average Bonchev–Trinajstić information content (AvgIpc) is 3.10. The molecule has 3 aromatic rings. The fourth-order valence-corrected chi connectivity index (χ4v) is 4.06. The highest BCUT2D eigenvalue weighted by molar-refractivity contribution is 7.88. The largest absolute Gasteiger partial charge is 0.534 e. The van der Waals surface area contributed by atoms with E-state index in [1.165, 1.54) is 0 Å². The van der Waals surface area contributed by atoms with Crippen LogP contribution in [0.2, 0.25) is 0 Å². The molecule has 198 valence electrons. The number of halogens is 6. The molecule has 0 amide bonds. The summed E-state index contributed by atoms with van der Waals surface area (Å²) in [5, 5.41) is -1.16. The van der Waals surface area contributed by atoms with E-state index in [2.05, 4.69) is 8.37 Å². The molecule has 0 saturated carbocycles. The van der Waals surface area contributed by atoms with Crippen molar-refractivity contribution in [3.8, 4) is 23.0 Å². The predicted molar refractivity (Wildman–Crippen MR) is 111 cm³/mol. The lowest BCUT2D eigenvalue weighted by Crippen LogP contribution is -2.28. The highest BCUT2D eigenvalue weighted by atomic mass is 32.2. The first kappa shape index (κ1) is 26.3. The highest BCUT2D eigenvalue weighted by Gasteiger charge is 2.50. The number of rotatable bonds is 7. The number of carbonyl (C=O) groups is 1. The molecule has 1 aliphatic heterocycles. The molecule has 9 nitrogen and oxygen atoms in total. The molecule has 0 radical (unpaired) electrons. The van der Waals surface area contributed by atoms with Crippen molar-refractivity contribution < 1.29 is 65.8 Å². The van der Waals surface area contributed by atoms with Crippen LogP contribution in [0.4, 0.5) is 26.3 Å². The maximum Gasteiger partial charge on any atom is 0.534 e. The first-order valence-corrected chi connectivity index (χ1v) is 12.4. The van der Waals surface area contributed by atoms with Crippen molar-refractivity contribution in [3.63, 3.8) is 0 Å². The van der Waals surface area contributed by atoms with E-state index in [1.54, 1.807) is 30.3 Å². The Balaban J connectivity index is 1.91. The number of hydrogen-bond acceptors (Lipinski definition) is 9. The van der Waals surface area contributed by atoms with E-state index in [0.29, 0.717) is 23.8 Å². The van der Waals surface area contributed by atoms with Crippen LogP contribution in [0, 0.1) is 0 Å². The minimum atomic E-state index is -6.34. The molecule has 3 aromatic carbocycles. The minimum Gasteiger partial charge on any atom is -0.485 e. The summed E-state index contributed by atoms with van der Waals surface area (Å²) in [5.74, 6) is -4.49. The molecule has 1 aliphatic rings.